The summed E-state index contributed by atoms with van der Waals surface area (Å²) in [5.74, 6) is 0. The van der Waals surface area contributed by atoms with Gasteiger partial charge in [0.2, 0.25) is 0 Å². The lowest BCUT2D eigenvalue weighted by atomic mass is 10.2. The van der Waals surface area contributed by atoms with Gasteiger partial charge in [0.15, 0.2) is 0 Å². The number of rotatable bonds is 8. The lowest BCUT2D eigenvalue weighted by molar-refractivity contribution is -0.908. The van der Waals surface area contributed by atoms with Crippen molar-refractivity contribution in [3.63, 3.8) is 0 Å². The molecule has 0 aromatic carbocycles. The monoisotopic (exact) mass is 186 g/mol. The molecular weight excluding hydrogens is 158 g/mol. The zero-order valence-corrected chi connectivity index (χ0v) is 10.1. The smallest absolute Gasteiger partial charge is 0.0784 e. The average molecular weight is 186 g/mol. The standard InChI is InChI=1S/C12H28N/c1-5-8-10-12-13(4,7-3)11-9-6-2/h5-12H2,1-4H3/q+1. The van der Waals surface area contributed by atoms with E-state index in [2.05, 4.69) is 27.8 Å². The molecule has 0 N–H and O–H groups in total. The lowest BCUT2D eigenvalue weighted by Crippen LogP contribution is -2.45. The quantitative estimate of drug-likeness (QED) is 0.402. The summed E-state index contributed by atoms with van der Waals surface area (Å²) in [4.78, 5) is 0. The second-order valence-electron chi connectivity index (χ2n) is 4.44. The molecule has 0 saturated carbocycles. The summed E-state index contributed by atoms with van der Waals surface area (Å²) < 4.78 is 1.29. The van der Waals surface area contributed by atoms with Gasteiger partial charge < -0.3 is 4.48 Å². The number of quaternary nitrogens is 1. The van der Waals surface area contributed by atoms with E-state index in [4.69, 9.17) is 0 Å². The first-order valence-corrected chi connectivity index (χ1v) is 6.02. The fourth-order valence-electron chi connectivity index (χ4n) is 1.71. The molecule has 0 aromatic rings. The van der Waals surface area contributed by atoms with Crippen LogP contribution in [0.25, 0.3) is 0 Å². The minimum absolute atomic E-state index is 1.29. The Morgan fingerprint density at radius 3 is 1.77 bits per heavy atom. The van der Waals surface area contributed by atoms with Gasteiger partial charge in [0.25, 0.3) is 0 Å². The molecule has 0 aromatic heterocycles. The van der Waals surface area contributed by atoms with Crippen molar-refractivity contribution in [3.05, 3.63) is 0 Å². The lowest BCUT2D eigenvalue weighted by Gasteiger charge is -2.33. The van der Waals surface area contributed by atoms with Crippen LogP contribution in [-0.4, -0.2) is 31.2 Å². The first-order chi connectivity index (χ1) is 6.18. The molecule has 0 bridgehead atoms. The van der Waals surface area contributed by atoms with Gasteiger partial charge in [-0.1, -0.05) is 26.7 Å². The van der Waals surface area contributed by atoms with Crippen LogP contribution < -0.4 is 0 Å². The van der Waals surface area contributed by atoms with Crippen molar-refractivity contribution in [3.8, 4) is 0 Å². The zero-order chi connectivity index (χ0) is 10.2. The largest absolute Gasteiger partial charge is 0.326 e. The second kappa shape index (κ2) is 7.37. The minimum atomic E-state index is 1.29. The minimum Gasteiger partial charge on any atom is -0.326 e. The van der Waals surface area contributed by atoms with Crippen LogP contribution in [0.2, 0.25) is 0 Å². The van der Waals surface area contributed by atoms with E-state index in [9.17, 15) is 0 Å². The molecule has 0 saturated heterocycles. The van der Waals surface area contributed by atoms with Crippen LogP contribution in [0.15, 0.2) is 0 Å². The van der Waals surface area contributed by atoms with Crippen molar-refractivity contribution in [2.45, 2.75) is 52.9 Å². The second-order valence-corrected chi connectivity index (χ2v) is 4.44. The van der Waals surface area contributed by atoms with E-state index in [1.807, 2.05) is 0 Å². The molecule has 0 aliphatic heterocycles. The van der Waals surface area contributed by atoms with Crippen LogP contribution in [0.1, 0.15) is 52.9 Å². The average Bonchev–Trinajstić information content (AvgIpc) is 2.15. The van der Waals surface area contributed by atoms with Crippen LogP contribution in [0.5, 0.6) is 0 Å². The molecule has 1 heteroatoms. The molecule has 1 unspecified atom stereocenters. The van der Waals surface area contributed by atoms with Gasteiger partial charge in [-0.2, -0.15) is 0 Å². The summed E-state index contributed by atoms with van der Waals surface area (Å²) in [5.41, 5.74) is 0. The predicted octanol–water partition coefficient (Wildman–Crippen LogP) is 3.44. The third kappa shape index (κ3) is 6.09. The Labute approximate surface area is 84.7 Å². The third-order valence-electron chi connectivity index (χ3n) is 3.12. The SMILES string of the molecule is CCCCC[N+](C)(CC)CCCC. The Hall–Kier alpha value is -0.0400. The van der Waals surface area contributed by atoms with E-state index < -0.39 is 0 Å². The molecule has 0 aliphatic rings. The molecule has 0 radical (unpaired) electrons. The maximum atomic E-state index is 2.41. The number of unbranched alkanes of at least 4 members (excludes halogenated alkanes) is 3. The van der Waals surface area contributed by atoms with E-state index in [1.165, 1.54) is 56.2 Å². The van der Waals surface area contributed by atoms with E-state index in [0.29, 0.717) is 0 Å². The molecule has 0 heterocycles. The Morgan fingerprint density at radius 2 is 1.31 bits per heavy atom. The van der Waals surface area contributed by atoms with Gasteiger partial charge in [-0.25, -0.2) is 0 Å². The highest BCUT2D eigenvalue weighted by molar-refractivity contribution is 4.42. The van der Waals surface area contributed by atoms with Gasteiger partial charge in [-0.05, 0) is 26.2 Å². The fraction of sp³-hybridized carbons (Fsp3) is 1.00. The molecular formula is C12H28N+. The molecule has 13 heavy (non-hydrogen) atoms. The Bertz CT molecular complexity index is 112. The summed E-state index contributed by atoms with van der Waals surface area (Å²) in [6.45, 7) is 10.9. The van der Waals surface area contributed by atoms with Crippen LogP contribution in [0.3, 0.4) is 0 Å². The third-order valence-corrected chi connectivity index (χ3v) is 3.12. The van der Waals surface area contributed by atoms with Crippen molar-refractivity contribution in [2.24, 2.45) is 0 Å². The van der Waals surface area contributed by atoms with Gasteiger partial charge in [-0.3, -0.25) is 0 Å². The van der Waals surface area contributed by atoms with Gasteiger partial charge in [0.05, 0.1) is 26.7 Å². The maximum Gasteiger partial charge on any atom is 0.0784 e. The van der Waals surface area contributed by atoms with Crippen LogP contribution in [-0.2, 0) is 0 Å². The zero-order valence-electron chi connectivity index (χ0n) is 10.1. The highest BCUT2D eigenvalue weighted by Gasteiger charge is 2.16. The Kier molecular flexibility index (Phi) is 7.35. The van der Waals surface area contributed by atoms with Crippen LogP contribution in [0, 0.1) is 0 Å². The highest BCUT2D eigenvalue weighted by atomic mass is 15.3. The number of hydrogen-bond acceptors (Lipinski definition) is 0. The van der Waals surface area contributed by atoms with E-state index in [0.717, 1.165) is 0 Å². The van der Waals surface area contributed by atoms with E-state index >= 15 is 0 Å². The van der Waals surface area contributed by atoms with Crippen molar-refractivity contribution >= 4 is 0 Å². The van der Waals surface area contributed by atoms with Gasteiger partial charge >= 0.3 is 0 Å². The number of hydrogen-bond donors (Lipinski definition) is 0. The van der Waals surface area contributed by atoms with Crippen LogP contribution >= 0.6 is 0 Å². The highest BCUT2D eigenvalue weighted by Crippen LogP contribution is 2.08. The predicted molar refractivity (Wildman–Crippen MR) is 60.9 cm³/mol. The number of nitrogens with zero attached hydrogens (tertiary/aromatic N) is 1. The van der Waals surface area contributed by atoms with Crippen molar-refractivity contribution in [1.82, 2.24) is 0 Å². The molecule has 0 spiro atoms. The normalized spacial score (nSPS) is 15.7. The molecule has 0 aliphatic carbocycles. The van der Waals surface area contributed by atoms with E-state index in [-0.39, 0.29) is 0 Å². The molecule has 0 fully saturated rings. The summed E-state index contributed by atoms with van der Waals surface area (Å²) in [6, 6.07) is 0. The first kappa shape index (κ1) is 13.0. The molecule has 0 rings (SSSR count). The van der Waals surface area contributed by atoms with Gasteiger partial charge in [-0.15, -0.1) is 0 Å². The molecule has 80 valence electrons. The van der Waals surface area contributed by atoms with Crippen molar-refractivity contribution in [2.75, 3.05) is 26.7 Å². The fourth-order valence-corrected chi connectivity index (χ4v) is 1.71. The van der Waals surface area contributed by atoms with Gasteiger partial charge in [0.1, 0.15) is 0 Å². The molecule has 0 amide bonds. The van der Waals surface area contributed by atoms with Crippen molar-refractivity contribution in [1.29, 1.82) is 0 Å². The van der Waals surface area contributed by atoms with E-state index in [1.54, 1.807) is 0 Å². The summed E-state index contributed by atoms with van der Waals surface area (Å²) in [6.07, 6.45) is 6.88. The van der Waals surface area contributed by atoms with Crippen molar-refractivity contribution < 1.29 is 4.48 Å². The Balaban J connectivity index is 3.67. The Morgan fingerprint density at radius 1 is 0.769 bits per heavy atom. The summed E-state index contributed by atoms with van der Waals surface area (Å²) in [7, 11) is 2.41. The van der Waals surface area contributed by atoms with Crippen LogP contribution in [0.4, 0.5) is 0 Å². The molecule has 1 nitrogen and oxygen atoms in total. The molecule has 1 atom stereocenters. The topological polar surface area (TPSA) is 0 Å². The van der Waals surface area contributed by atoms with Gasteiger partial charge in [0, 0.05) is 0 Å². The summed E-state index contributed by atoms with van der Waals surface area (Å²) in [5, 5.41) is 0. The summed E-state index contributed by atoms with van der Waals surface area (Å²) >= 11 is 0. The first-order valence-electron chi connectivity index (χ1n) is 6.02. The maximum absolute atomic E-state index is 2.41.